The van der Waals surface area contributed by atoms with E-state index >= 15 is 0 Å². The van der Waals surface area contributed by atoms with Crippen LogP contribution in [0.15, 0.2) is 24.3 Å². The molecule has 1 amide bonds. The van der Waals surface area contributed by atoms with Gasteiger partial charge in [0.2, 0.25) is 5.91 Å². The Labute approximate surface area is 116 Å². The topological polar surface area (TPSA) is 66.4 Å². The Kier molecular flexibility index (Phi) is 4.10. The predicted octanol–water partition coefficient (Wildman–Crippen LogP) is 2.60. The van der Waals surface area contributed by atoms with Gasteiger partial charge in [-0.15, -0.1) is 0 Å². The summed E-state index contributed by atoms with van der Waals surface area (Å²) in [5.41, 5.74) is -0.0135. The number of carboxylic acids is 1. The number of halogens is 1. The summed E-state index contributed by atoms with van der Waals surface area (Å²) in [5, 5.41) is 12.5. The van der Waals surface area contributed by atoms with E-state index in [9.17, 15) is 9.59 Å². The maximum Gasteiger partial charge on any atom is 0.310 e. The molecule has 0 radical (unpaired) electrons. The number of rotatable bonds is 5. The summed E-state index contributed by atoms with van der Waals surface area (Å²) < 4.78 is 0. The Morgan fingerprint density at radius 3 is 2.53 bits per heavy atom. The molecule has 0 bridgehead atoms. The van der Waals surface area contributed by atoms with E-state index in [0.29, 0.717) is 24.4 Å². The Bertz CT molecular complexity index is 497. The monoisotopic (exact) mass is 281 g/mol. The molecule has 5 heteroatoms. The van der Waals surface area contributed by atoms with Crippen LogP contribution in [0.25, 0.3) is 0 Å². The van der Waals surface area contributed by atoms with E-state index in [1.807, 2.05) is 18.2 Å². The Morgan fingerprint density at radius 2 is 2.00 bits per heavy atom. The largest absolute Gasteiger partial charge is 0.481 e. The molecule has 0 saturated heterocycles. The number of benzene rings is 1. The summed E-state index contributed by atoms with van der Waals surface area (Å²) in [5.74, 6) is -1.10. The number of hydrogen-bond donors (Lipinski definition) is 2. The Hall–Kier alpha value is -1.55. The van der Waals surface area contributed by atoms with Crippen molar-refractivity contribution >= 4 is 23.5 Å². The summed E-state index contributed by atoms with van der Waals surface area (Å²) in [6.45, 7) is 0.328. The van der Waals surface area contributed by atoms with E-state index in [2.05, 4.69) is 5.32 Å². The highest BCUT2D eigenvalue weighted by atomic mass is 35.5. The number of carboxylic acid groups (broad SMARTS) is 1. The molecular formula is C14H16ClNO3. The van der Waals surface area contributed by atoms with Gasteiger partial charge in [0.25, 0.3) is 0 Å². The summed E-state index contributed by atoms with van der Waals surface area (Å²) >= 11 is 5.98. The number of aliphatic carboxylic acids is 1. The van der Waals surface area contributed by atoms with Gasteiger partial charge in [-0.2, -0.15) is 0 Å². The molecular weight excluding hydrogens is 266 g/mol. The summed E-state index contributed by atoms with van der Waals surface area (Å²) in [6.07, 6.45) is 2.10. The maximum atomic E-state index is 11.8. The third kappa shape index (κ3) is 3.07. The van der Waals surface area contributed by atoms with Gasteiger partial charge in [-0.3, -0.25) is 9.59 Å². The third-order valence-electron chi connectivity index (χ3n) is 3.70. The average Bonchev–Trinajstić information content (AvgIpc) is 2.32. The van der Waals surface area contributed by atoms with E-state index in [1.54, 1.807) is 6.07 Å². The third-order valence-corrected chi connectivity index (χ3v) is 4.07. The molecule has 102 valence electrons. The number of amides is 1. The van der Waals surface area contributed by atoms with Gasteiger partial charge >= 0.3 is 5.97 Å². The van der Waals surface area contributed by atoms with Gasteiger partial charge in [-0.05, 0) is 24.5 Å². The van der Waals surface area contributed by atoms with Crippen LogP contribution in [-0.2, 0) is 16.1 Å². The fourth-order valence-corrected chi connectivity index (χ4v) is 2.48. The normalized spacial score (nSPS) is 16.5. The van der Waals surface area contributed by atoms with Crippen molar-refractivity contribution in [1.82, 2.24) is 5.32 Å². The smallest absolute Gasteiger partial charge is 0.310 e. The summed E-state index contributed by atoms with van der Waals surface area (Å²) in [7, 11) is 0. The molecule has 19 heavy (non-hydrogen) atoms. The number of nitrogens with one attached hydrogen (secondary N) is 1. The zero-order chi connectivity index (χ0) is 13.9. The van der Waals surface area contributed by atoms with Crippen LogP contribution in [0, 0.1) is 5.41 Å². The minimum atomic E-state index is -0.869. The van der Waals surface area contributed by atoms with Crippen LogP contribution in [0.4, 0.5) is 0 Å². The van der Waals surface area contributed by atoms with Gasteiger partial charge in [0, 0.05) is 18.0 Å². The van der Waals surface area contributed by atoms with Crippen LogP contribution in [0.1, 0.15) is 31.2 Å². The lowest BCUT2D eigenvalue weighted by Crippen LogP contribution is -2.42. The second-order valence-corrected chi connectivity index (χ2v) is 5.39. The average molecular weight is 282 g/mol. The summed E-state index contributed by atoms with van der Waals surface area (Å²) in [6, 6.07) is 7.26. The van der Waals surface area contributed by atoms with Crippen LogP contribution in [0.2, 0.25) is 5.02 Å². The second-order valence-electron chi connectivity index (χ2n) is 4.98. The van der Waals surface area contributed by atoms with Crippen molar-refractivity contribution < 1.29 is 14.7 Å². The molecule has 2 N–H and O–H groups in total. The van der Waals surface area contributed by atoms with Gasteiger partial charge in [-0.25, -0.2) is 0 Å². The number of carbonyl (C=O) groups is 2. The van der Waals surface area contributed by atoms with Crippen molar-refractivity contribution in [3.05, 3.63) is 34.9 Å². The van der Waals surface area contributed by atoms with Crippen LogP contribution >= 0.6 is 11.6 Å². The van der Waals surface area contributed by atoms with Crippen LogP contribution in [0.5, 0.6) is 0 Å². The fraction of sp³-hybridized carbons (Fsp3) is 0.429. The molecule has 2 rings (SSSR count). The molecule has 0 aromatic heterocycles. The van der Waals surface area contributed by atoms with E-state index in [0.717, 1.165) is 12.0 Å². The number of carbonyl (C=O) groups excluding carboxylic acids is 1. The van der Waals surface area contributed by atoms with Crippen molar-refractivity contribution in [1.29, 1.82) is 0 Å². The number of hydrogen-bond acceptors (Lipinski definition) is 2. The van der Waals surface area contributed by atoms with E-state index < -0.39 is 11.4 Å². The molecule has 1 fully saturated rings. The predicted molar refractivity (Wildman–Crippen MR) is 71.8 cm³/mol. The molecule has 1 aliphatic rings. The fourth-order valence-electron chi connectivity index (χ4n) is 2.28. The van der Waals surface area contributed by atoms with Crippen LogP contribution in [-0.4, -0.2) is 17.0 Å². The van der Waals surface area contributed by atoms with Crippen molar-refractivity contribution in [3.63, 3.8) is 0 Å². The molecule has 1 saturated carbocycles. The maximum absolute atomic E-state index is 11.8. The highest BCUT2D eigenvalue weighted by molar-refractivity contribution is 6.31. The molecule has 0 atom stereocenters. The molecule has 1 aliphatic carbocycles. The van der Waals surface area contributed by atoms with Gasteiger partial charge in [0.05, 0.1) is 5.41 Å². The molecule has 0 spiro atoms. The minimum absolute atomic E-state index is 0.0484. The van der Waals surface area contributed by atoms with E-state index in [1.165, 1.54) is 0 Å². The van der Waals surface area contributed by atoms with Crippen LogP contribution in [0.3, 0.4) is 0 Å². The molecule has 4 nitrogen and oxygen atoms in total. The molecule has 1 aromatic carbocycles. The molecule has 0 heterocycles. The van der Waals surface area contributed by atoms with Gasteiger partial charge in [0.1, 0.15) is 0 Å². The van der Waals surface area contributed by atoms with Crippen molar-refractivity contribution in [2.24, 2.45) is 5.41 Å². The van der Waals surface area contributed by atoms with Crippen molar-refractivity contribution in [3.8, 4) is 0 Å². The van der Waals surface area contributed by atoms with Gasteiger partial charge < -0.3 is 10.4 Å². The lowest BCUT2D eigenvalue weighted by Gasteiger charge is -2.36. The second kappa shape index (κ2) is 5.61. The highest BCUT2D eigenvalue weighted by Gasteiger charge is 2.45. The molecule has 0 unspecified atom stereocenters. The molecule has 1 aromatic rings. The Balaban J connectivity index is 1.89. The first-order valence-electron chi connectivity index (χ1n) is 6.27. The quantitative estimate of drug-likeness (QED) is 0.872. The zero-order valence-electron chi connectivity index (χ0n) is 10.5. The lowest BCUT2D eigenvalue weighted by atomic mass is 9.66. The lowest BCUT2D eigenvalue weighted by molar-refractivity contribution is -0.157. The van der Waals surface area contributed by atoms with Crippen molar-refractivity contribution in [2.45, 2.75) is 32.2 Å². The minimum Gasteiger partial charge on any atom is -0.481 e. The summed E-state index contributed by atoms with van der Waals surface area (Å²) in [4.78, 5) is 23.0. The first-order valence-corrected chi connectivity index (χ1v) is 6.65. The van der Waals surface area contributed by atoms with E-state index in [4.69, 9.17) is 16.7 Å². The molecule has 0 aliphatic heterocycles. The zero-order valence-corrected chi connectivity index (χ0v) is 11.2. The highest BCUT2D eigenvalue weighted by Crippen LogP contribution is 2.44. The van der Waals surface area contributed by atoms with Crippen molar-refractivity contribution in [2.75, 3.05) is 0 Å². The standard InChI is InChI=1S/C14H16ClNO3/c15-11-5-2-1-4-10(11)9-16-12(17)8-14(13(18)19)6-3-7-14/h1-2,4-5H,3,6-9H2,(H,16,17)(H,18,19). The van der Waals surface area contributed by atoms with Gasteiger partial charge in [-0.1, -0.05) is 36.2 Å². The van der Waals surface area contributed by atoms with Crippen LogP contribution < -0.4 is 5.32 Å². The van der Waals surface area contributed by atoms with Gasteiger partial charge in [0.15, 0.2) is 0 Å². The first kappa shape index (κ1) is 13.9. The van der Waals surface area contributed by atoms with E-state index in [-0.39, 0.29) is 12.3 Å². The first-order chi connectivity index (χ1) is 9.03. The SMILES string of the molecule is O=C(CC1(C(=O)O)CCC1)NCc1ccccc1Cl. The Morgan fingerprint density at radius 1 is 1.32 bits per heavy atom.